The summed E-state index contributed by atoms with van der Waals surface area (Å²) in [5.74, 6) is 0.871. The van der Waals surface area contributed by atoms with E-state index in [4.69, 9.17) is 4.99 Å². The number of benzene rings is 8. The Labute approximate surface area is 306 Å². The molecular weight excluding hydrogens is 651 g/mol. The lowest BCUT2D eigenvalue weighted by atomic mass is 9.91. The minimum absolute atomic E-state index is 0.0553. The van der Waals surface area contributed by atoms with Gasteiger partial charge in [-0.05, 0) is 88.1 Å². The first-order chi connectivity index (χ1) is 25.8. The van der Waals surface area contributed by atoms with Crippen molar-refractivity contribution in [1.82, 2.24) is 5.32 Å². The van der Waals surface area contributed by atoms with Crippen LogP contribution < -0.4 is 10.2 Å². The van der Waals surface area contributed by atoms with Crippen molar-refractivity contribution >= 4 is 70.9 Å². The molecular formula is C48H33N3S. The van der Waals surface area contributed by atoms with Crippen LogP contribution in [0.25, 0.3) is 42.1 Å². The molecule has 1 aromatic heterocycles. The largest absolute Gasteiger partial charge is 0.359 e. The quantitative estimate of drug-likeness (QED) is 0.189. The molecule has 4 heteroatoms. The van der Waals surface area contributed by atoms with Gasteiger partial charge in [0.25, 0.3) is 0 Å². The van der Waals surface area contributed by atoms with E-state index in [1.54, 1.807) is 0 Å². The Hall–Kier alpha value is -6.49. The SMILES string of the molecule is c1ccc(-c2ccc(N(c3ccccc3)c3ccc(C4=Nc5ccccc5C(c5cccc6sc7c8ccccc8ccc7c56)N4)cc3)cc2)cc1. The highest BCUT2D eigenvalue weighted by molar-refractivity contribution is 7.26. The first-order valence-corrected chi connectivity index (χ1v) is 18.5. The smallest absolute Gasteiger partial charge is 0.134 e. The zero-order valence-electron chi connectivity index (χ0n) is 28.3. The number of nitrogens with one attached hydrogen (secondary N) is 1. The fraction of sp³-hybridized carbons (Fsp3) is 0.0208. The maximum Gasteiger partial charge on any atom is 0.134 e. The lowest BCUT2D eigenvalue weighted by Gasteiger charge is -2.29. The molecule has 0 saturated heterocycles. The van der Waals surface area contributed by atoms with Gasteiger partial charge in [0.1, 0.15) is 5.84 Å². The molecule has 0 bridgehead atoms. The van der Waals surface area contributed by atoms with Gasteiger partial charge in [0.2, 0.25) is 0 Å². The second kappa shape index (κ2) is 12.7. The summed E-state index contributed by atoms with van der Waals surface area (Å²) in [6.45, 7) is 0. The van der Waals surface area contributed by atoms with Crippen molar-refractivity contribution in [1.29, 1.82) is 0 Å². The van der Waals surface area contributed by atoms with E-state index in [1.807, 2.05) is 11.3 Å². The van der Waals surface area contributed by atoms with Crippen molar-refractivity contribution in [2.75, 3.05) is 4.90 Å². The highest BCUT2D eigenvalue weighted by Crippen LogP contribution is 2.44. The molecule has 1 aliphatic heterocycles. The summed E-state index contributed by atoms with van der Waals surface area (Å²) in [7, 11) is 0. The average molecular weight is 684 g/mol. The first kappa shape index (κ1) is 30.3. The molecule has 1 aliphatic rings. The van der Waals surface area contributed by atoms with Crippen LogP contribution in [0.4, 0.5) is 22.7 Å². The third kappa shape index (κ3) is 5.24. The molecule has 1 N–H and O–H groups in total. The van der Waals surface area contributed by atoms with Crippen LogP contribution in [0.5, 0.6) is 0 Å². The number of aliphatic imine (C=N–C) groups is 1. The van der Waals surface area contributed by atoms with Gasteiger partial charge in [-0.1, -0.05) is 127 Å². The number of rotatable bonds is 6. The van der Waals surface area contributed by atoms with Crippen LogP contribution in [0.1, 0.15) is 22.7 Å². The number of anilines is 3. The van der Waals surface area contributed by atoms with E-state index in [0.29, 0.717) is 0 Å². The van der Waals surface area contributed by atoms with Crippen LogP contribution in [-0.2, 0) is 0 Å². The molecule has 1 unspecified atom stereocenters. The van der Waals surface area contributed by atoms with Crippen molar-refractivity contribution in [3.05, 3.63) is 205 Å². The van der Waals surface area contributed by atoms with E-state index < -0.39 is 0 Å². The van der Waals surface area contributed by atoms with Crippen LogP contribution in [-0.4, -0.2) is 5.84 Å². The molecule has 0 amide bonds. The summed E-state index contributed by atoms with van der Waals surface area (Å²) in [5.41, 5.74) is 10.2. The van der Waals surface area contributed by atoms with E-state index in [0.717, 1.165) is 34.1 Å². The Balaban J connectivity index is 1.03. The Bertz CT molecular complexity index is 2750. The van der Waals surface area contributed by atoms with Gasteiger partial charge in [0.15, 0.2) is 0 Å². The van der Waals surface area contributed by atoms with E-state index in [2.05, 4.69) is 198 Å². The lowest BCUT2D eigenvalue weighted by Crippen LogP contribution is -2.32. The third-order valence-corrected chi connectivity index (χ3v) is 11.3. The number of para-hydroxylation sites is 2. The molecule has 0 aliphatic carbocycles. The molecule has 3 nitrogen and oxygen atoms in total. The maximum absolute atomic E-state index is 5.19. The van der Waals surface area contributed by atoms with Gasteiger partial charge in [-0.15, -0.1) is 11.3 Å². The standard InChI is InChI=1S/C48H33N3S/c1-3-12-32(13-4-1)33-22-27-37(28-23-33)51(36-15-5-2-6-16-36)38-29-24-35(25-30-38)48-49-43-20-10-9-18-40(43)46(50-48)41-19-11-21-44-45(41)42-31-26-34-14-7-8-17-39(34)47(42)52-44/h1-31,46H,(H,49,50). The van der Waals surface area contributed by atoms with Crippen molar-refractivity contribution < 1.29 is 0 Å². The van der Waals surface area contributed by atoms with Crippen LogP contribution in [0.2, 0.25) is 0 Å². The van der Waals surface area contributed by atoms with Crippen LogP contribution in [0.3, 0.4) is 0 Å². The molecule has 9 aromatic rings. The van der Waals surface area contributed by atoms with Crippen molar-refractivity contribution in [3.8, 4) is 11.1 Å². The number of hydrogen-bond donors (Lipinski definition) is 1. The van der Waals surface area contributed by atoms with Gasteiger partial charge in [-0.3, -0.25) is 0 Å². The molecule has 246 valence electrons. The van der Waals surface area contributed by atoms with E-state index in [-0.39, 0.29) is 6.04 Å². The van der Waals surface area contributed by atoms with Gasteiger partial charge >= 0.3 is 0 Å². The summed E-state index contributed by atoms with van der Waals surface area (Å²) >= 11 is 1.89. The second-order valence-corrected chi connectivity index (χ2v) is 14.3. The van der Waals surface area contributed by atoms with Crippen LogP contribution in [0.15, 0.2) is 193 Å². The van der Waals surface area contributed by atoms with Crippen LogP contribution >= 0.6 is 11.3 Å². The molecule has 1 atom stereocenters. The lowest BCUT2D eigenvalue weighted by molar-refractivity contribution is 0.756. The summed E-state index contributed by atoms with van der Waals surface area (Å²) in [6, 6.07) is 67.2. The summed E-state index contributed by atoms with van der Waals surface area (Å²) in [5, 5.41) is 9.10. The van der Waals surface area contributed by atoms with Gasteiger partial charge in [-0.2, -0.15) is 0 Å². The van der Waals surface area contributed by atoms with E-state index in [1.165, 1.54) is 53.2 Å². The highest BCUT2D eigenvalue weighted by Gasteiger charge is 2.27. The zero-order chi connectivity index (χ0) is 34.4. The average Bonchev–Trinajstić information content (AvgIpc) is 3.62. The number of amidine groups is 1. The molecule has 0 fully saturated rings. The fourth-order valence-corrected chi connectivity index (χ4v) is 8.91. The number of nitrogens with zero attached hydrogens (tertiary/aromatic N) is 2. The number of hydrogen-bond acceptors (Lipinski definition) is 4. The Kier molecular flexibility index (Phi) is 7.40. The molecule has 0 saturated carbocycles. The molecule has 0 radical (unpaired) electrons. The van der Waals surface area contributed by atoms with Crippen molar-refractivity contribution in [2.24, 2.45) is 4.99 Å². The summed E-state index contributed by atoms with van der Waals surface area (Å²) in [6.07, 6.45) is 0. The molecule has 10 rings (SSSR count). The van der Waals surface area contributed by atoms with Crippen LogP contribution in [0, 0.1) is 0 Å². The van der Waals surface area contributed by atoms with Gasteiger partial charge < -0.3 is 10.2 Å². The first-order valence-electron chi connectivity index (χ1n) is 17.7. The van der Waals surface area contributed by atoms with E-state index in [9.17, 15) is 0 Å². The minimum atomic E-state index is -0.0553. The Morgan fingerprint density at radius 3 is 1.87 bits per heavy atom. The summed E-state index contributed by atoms with van der Waals surface area (Å²) in [4.78, 5) is 7.49. The Morgan fingerprint density at radius 2 is 1.08 bits per heavy atom. The number of thiophene rings is 1. The predicted octanol–water partition coefficient (Wildman–Crippen LogP) is 13.1. The minimum Gasteiger partial charge on any atom is -0.359 e. The van der Waals surface area contributed by atoms with Gasteiger partial charge in [0, 0.05) is 48.4 Å². The van der Waals surface area contributed by atoms with Crippen molar-refractivity contribution in [2.45, 2.75) is 6.04 Å². The van der Waals surface area contributed by atoms with Crippen molar-refractivity contribution in [3.63, 3.8) is 0 Å². The molecule has 0 spiro atoms. The Morgan fingerprint density at radius 1 is 0.462 bits per heavy atom. The monoisotopic (exact) mass is 683 g/mol. The van der Waals surface area contributed by atoms with Gasteiger partial charge in [0.05, 0.1) is 11.7 Å². The highest BCUT2D eigenvalue weighted by atomic mass is 32.1. The third-order valence-electron chi connectivity index (χ3n) is 10.1. The zero-order valence-corrected chi connectivity index (χ0v) is 29.1. The van der Waals surface area contributed by atoms with Gasteiger partial charge in [-0.25, -0.2) is 4.99 Å². The predicted molar refractivity (Wildman–Crippen MR) is 221 cm³/mol. The normalized spacial score (nSPS) is 13.8. The molecule has 52 heavy (non-hydrogen) atoms. The fourth-order valence-electron chi connectivity index (χ4n) is 7.64. The molecule has 8 aromatic carbocycles. The second-order valence-electron chi connectivity index (χ2n) is 13.2. The van der Waals surface area contributed by atoms with E-state index >= 15 is 0 Å². The number of fused-ring (bicyclic) bond motifs is 6. The topological polar surface area (TPSA) is 27.6 Å². The molecule has 2 heterocycles. The summed E-state index contributed by atoms with van der Waals surface area (Å²) < 4.78 is 2.64. The maximum atomic E-state index is 5.19.